The van der Waals surface area contributed by atoms with Crippen LogP contribution in [0.4, 0.5) is 0 Å². The second-order valence-electron chi connectivity index (χ2n) is 1.14. The molecule has 3 nitrogen and oxygen atoms in total. The van der Waals surface area contributed by atoms with Gasteiger partial charge in [0.25, 0.3) is 0 Å². The van der Waals surface area contributed by atoms with E-state index in [0.29, 0.717) is 0 Å². The van der Waals surface area contributed by atoms with Gasteiger partial charge < -0.3 is 5.73 Å². The zero-order valence-corrected chi connectivity index (χ0v) is 4.73. The normalized spacial score (nSPS) is 14.7. The molecule has 7 heavy (non-hydrogen) atoms. The van der Waals surface area contributed by atoms with Crippen molar-refractivity contribution in [3.05, 3.63) is 6.92 Å². The molecule has 0 rings (SSSR count). The van der Waals surface area contributed by atoms with Gasteiger partial charge in [0.1, 0.15) is 5.37 Å². The monoisotopic (exact) mass is 122 g/mol. The van der Waals surface area contributed by atoms with Crippen LogP contribution in [0, 0.1) is 6.92 Å². The smallest absolute Gasteiger partial charge is 0.155 e. The number of hydrogen-bond donors (Lipinski definition) is 2. The van der Waals surface area contributed by atoms with E-state index in [9.17, 15) is 8.42 Å². The third-order valence-electron chi connectivity index (χ3n) is 0.567. The van der Waals surface area contributed by atoms with Crippen LogP contribution in [0.1, 0.15) is 6.42 Å². The summed E-state index contributed by atoms with van der Waals surface area (Å²) in [5.41, 5.74) is 4.96. The molecular weight excluding hydrogens is 114 g/mol. The highest BCUT2D eigenvalue weighted by Gasteiger charge is 1.96. The SMILES string of the molecule is [CH2]CC(N)[SH](=O)=O. The summed E-state index contributed by atoms with van der Waals surface area (Å²) in [6, 6.07) is 0. The highest BCUT2D eigenvalue weighted by Crippen LogP contribution is 1.81. The van der Waals surface area contributed by atoms with Gasteiger partial charge in [0, 0.05) is 0 Å². The first kappa shape index (κ1) is 6.91. The third kappa shape index (κ3) is 2.59. The van der Waals surface area contributed by atoms with Crippen molar-refractivity contribution < 1.29 is 8.42 Å². The second-order valence-corrected chi connectivity index (χ2v) is 2.38. The third-order valence-corrected chi connectivity index (χ3v) is 1.37. The predicted octanol–water partition coefficient (Wildman–Crippen LogP) is -0.893. The first-order valence-electron chi connectivity index (χ1n) is 1.86. The summed E-state index contributed by atoms with van der Waals surface area (Å²) in [6.07, 6.45) is 0.249. The molecule has 0 aliphatic carbocycles. The Morgan fingerprint density at radius 3 is 2.14 bits per heavy atom. The zero-order chi connectivity index (χ0) is 5.86. The van der Waals surface area contributed by atoms with Crippen molar-refractivity contribution >= 4 is 10.7 Å². The maximum Gasteiger partial charge on any atom is 0.155 e. The lowest BCUT2D eigenvalue weighted by molar-refractivity contribution is 0.601. The molecule has 0 aliphatic rings. The average Bonchev–Trinajstić information content (AvgIpc) is 1.65. The molecule has 0 heterocycles. The minimum Gasteiger partial charge on any atom is -0.315 e. The van der Waals surface area contributed by atoms with E-state index in [4.69, 9.17) is 5.73 Å². The van der Waals surface area contributed by atoms with Gasteiger partial charge in [0.15, 0.2) is 10.7 Å². The highest BCUT2D eigenvalue weighted by molar-refractivity contribution is 7.73. The lowest BCUT2D eigenvalue weighted by Gasteiger charge is -1.92. The Morgan fingerprint density at radius 2 is 2.14 bits per heavy atom. The van der Waals surface area contributed by atoms with Gasteiger partial charge in [-0.3, -0.25) is 0 Å². The van der Waals surface area contributed by atoms with Gasteiger partial charge in [-0.2, -0.15) is 0 Å². The van der Waals surface area contributed by atoms with Gasteiger partial charge in [-0.1, -0.05) is 6.92 Å². The number of rotatable bonds is 2. The van der Waals surface area contributed by atoms with Crippen LogP contribution in [-0.4, -0.2) is 13.8 Å². The summed E-state index contributed by atoms with van der Waals surface area (Å²) < 4.78 is 19.6. The van der Waals surface area contributed by atoms with E-state index in [1.54, 1.807) is 0 Å². The number of thiol groups is 1. The molecule has 1 atom stereocenters. The van der Waals surface area contributed by atoms with Crippen LogP contribution < -0.4 is 5.73 Å². The van der Waals surface area contributed by atoms with Crippen LogP contribution in [-0.2, 0) is 10.7 Å². The van der Waals surface area contributed by atoms with E-state index in [-0.39, 0.29) is 6.42 Å². The van der Waals surface area contributed by atoms with Crippen molar-refractivity contribution in [2.75, 3.05) is 0 Å². The van der Waals surface area contributed by atoms with Crippen LogP contribution in [0.5, 0.6) is 0 Å². The molecule has 0 spiro atoms. The van der Waals surface area contributed by atoms with E-state index in [2.05, 4.69) is 6.92 Å². The van der Waals surface area contributed by atoms with Crippen LogP contribution in [0.15, 0.2) is 0 Å². The van der Waals surface area contributed by atoms with E-state index in [0.717, 1.165) is 0 Å². The molecular formula is C3H8NO2S. The van der Waals surface area contributed by atoms with Crippen LogP contribution in [0.3, 0.4) is 0 Å². The zero-order valence-electron chi connectivity index (χ0n) is 3.83. The average molecular weight is 122 g/mol. The topological polar surface area (TPSA) is 60.2 Å². The molecule has 0 saturated heterocycles. The fourth-order valence-electron chi connectivity index (χ4n) is 0.105. The standard InChI is InChI=1S/C3H8NO2S/c1-2-3(4)7(5)6/h3,7H,1-2,4H2. The van der Waals surface area contributed by atoms with Crippen LogP contribution in [0.25, 0.3) is 0 Å². The summed E-state index contributed by atoms with van der Waals surface area (Å²) in [7, 11) is -2.45. The van der Waals surface area contributed by atoms with Gasteiger partial charge in [0.05, 0.1) is 0 Å². The summed E-state index contributed by atoms with van der Waals surface area (Å²) in [5.74, 6) is 0. The maximum absolute atomic E-state index is 9.80. The molecule has 0 amide bonds. The fraction of sp³-hybridized carbons (Fsp3) is 0.667. The van der Waals surface area contributed by atoms with E-state index < -0.39 is 16.1 Å². The maximum atomic E-state index is 9.80. The van der Waals surface area contributed by atoms with Gasteiger partial charge in [-0.05, 0) is 6.42 Å². The molecule has 43 valence electrons. The summed E-state index contributed by atoms with van der Waals surface area (Å²) in [5, 5.41) is -0.755. The lowest BCUT2D eigenvalue weighted by atomic mass is 10.5. The molecule has 0 fully saturated rings. The van der Waals surface area contributed by atoms with Crippen molar-refractivity contribution in [1.82, 2.24) is 0 Å². The molecule has 0 aromatic heterocycles. The van der Waals surface area contributed by atoms with Gasteiger partial charge in [0.2, 0.25) is 0 Å². The molecule has 2 N–H and O–H groups in total. The summed E-state index contributed by atoms with van der Waals surface area (Å²) in [6.45, 7) is 3.30. The van der Waals surface area contributed by atoms with E-state index >= 15 is 0 Å². The lowest BCUT2D eigenvalue weighted by Crippen LogP contribution is -2.19. The van der Waals surface area contributed by atoms with E-state index in [1.807, 2.05) is 0 Å². The van der Waals surface area contributed by atoms with Crippen molar-refractivity contribution in [2.24, 2.45) is 5.73 Å². The Morgan fingerprint density at radius 1 is 1.71 bits per heavy atom. The second kappa shape index (κ2) is 2.98. The quantitative estimate of drug-likeness (QED) is 0.467. The molecule has 4 heteroatoms. The van der Waals surface area contributed by atoms with E-state index in [1.165, 1.54) is 0 Å². The largest absolute Gasteiger partial charge is 0.315 e. The Bertz CT molecular complexity index is 102. The molecule has 0 aromatic carbocycles. The van der Waals surface area contributed by atoms with Crippen LogP contribution >= 0.6 is 0 Å². The Balaban J connectivity index is 3.57. The Hall–Kier alpha value is -0.0900. The Kier molecular flexibility index (Phi) is 2.95. The minimum atomic E-state index is -2.45. The summed E-state index contributed by atoms with van der Waals surface area (Å²) in [4.78, 5) is 0. The van der Waals surface area contributed by atoms with Crippen LogP contribution in [0.2, 0.25) is 0 Å². The predicted molar refractivity (Wildman–Crippen MR) is 28.3 cm³/mol. The highest BCUT2D eigenvalue weighted by atomic mass is 32.2. The Labute approximate surface area is 44.5 Å². The molecule has 0 saturated carbocycles. The molecule has 0 aromatic rings. The number of nitrogens with two attached hydrogens (primary N) is 1. The fourth-order valence-corrected chi connectivity index (χ4v) is 0.316. The number of hydrogen-bond acceptors (Lipinski definition) is 3. The first-order valence-corrected chi connectivity index (χ1v) is 3.11. The minimum absolute atomic E-state index is 0.249. The van der Waals surface area contributed by atoms with Crippen molar-refractivity contribution in [2.45, 2.75) is 11.8 Å². The van der Waals surface area contributed by atoms with Gasteiger partial charge >= 0.3 is 0 Å². The van der Waals surface area contributed by atoms with Gasteiger partial charge in [-0.25, -0.2) is 8.42 Å². The summed E-state index contributed by atoms with van der Waals surface area (Å²) >= 11 is 0. The van der Waals surface area contributed by atoms with Crippen molar-refractivity contribution in [3.63, 3.8) is 0 Å². The molecule has 1 radical (unpaired) electrons. The van der Waals surface area contributed by atoms with Crippen molar-refractivity contribution in [3.8, 4) is 0 Å². The molecule has 0 aliphatic heterocycles. The molecule has 1 unspecified atom stereocenters. The molecule has 0 bridgehead atoms. The van der Waals surface area contributed by atoms with Gasteiger partial charge in [-0.15, -0.1) is 0 Å². The first-order chi connectivity index (χ1) is 3.18. The van der Waals surface area contributed by atoms with Crippen molar-refractivity contribution in [1.29, 1.82) is 0 Å².